The minimum atomic E-state index is -5.11. The molecule has 0 unspecified atom stereocenters. The lowest BCUT2D eigenvalue weighted by atomic mass is 9.97. The van der Waals surface area contributed by atoms with Gasteiger partial charge in [0.15, 0.2) is 9.84 Å². The Labute approximate surface area is 196 Å². The van der Waals surface area contributed by atoms with Crippen molar-refractivity contribution in [1.29, 1.82) is 0 Å². The Balaban J connectivity index is 1.88. The van der Waals surface area contributed by atoms with Crippen molar-refractivity contribution >= 4 is 21.4 Å². The van der Waals surface area contributed by atoms with Crippen LogP contribution in [0.25, 0.3) is 11.1 Å². The van der Waals surface area contributed by atoms with E-state index in [1.807, 2.05) is 0 Å². The summed E-state index contributed by atoms with van der Waals surface area (Å²) in [5, 5.41) is 2.31. The number of rotatable bonds is 6. The number of carbonyl (C=O) groups excluding carboxylic acids is 1. The molecular weight excluding hydrogens is 500 g/mol. The topological polar surface area (TPSA) is 72.5 Å². The van der Waals surface area contributed by atoms with Gasteiger partial charge in [0.05, 0.1) is 16.9 Å². The van der Waals surface area contributed by atoms with E-state index in [0.29, 0.717) is 11.6 Å². The van der Waals surface area contributed by atoms with Crippen LogP contribution in [0.5, 0.6) is 5.75 Å². The number of carbonyl (C=O) groups is 1. The molecule has 1 amide bonds. The van der Waals surface area contributed by atoms with Gasteiger partial charge in [-0.1, -0.05) is 36.4 Å². The highest BCUT2D eigenvalue weighted by atomic mass is 32.2. The summed E-state index contributed by atoms with van der Waals surface area (Å²) in [6.45, 7) is 0. The van der Waals surface area contributed by atoms with E-state index >= 15 is 0 Å². The second kappa shape index (κ2) is 9.61. The summed E-state index contributed by atoms with van der Waals surface area (Å²) < 4.78 is 106. The van der Waals surface area contributed by atoms with Crippen molar-refractivity contribution in [2.45, 2.75) is 23.9 Å². The molecule has 0 bridgehead atoms. The van der Waals surface area contributed by atoms with Gasteiger partial charge in [0, 0.05) is 17.5 Å². The van der Waals surface area contributed by atoms with E-state index in [4.69, 9.17) is 0 Å². The first-order chi connectivity index (χ1) is 16.1. The number of sulfone groups is 1. The molecule has 0 spiro atoms. The molecule has 0 aliphatic rings. The van der Waals surface area contributed by atoms with Crippen LogP contribution in [0.15, 0.2) is 71.6 Å². The van der Waals surface area contributed by atoms with E-state index in [1.165, 1.54) is 36.4 Å². The Kier molecular flexibility index (Phi) is 7.16. The van der Waals surface area contributed by atoms with Gasteiger partial charge in [0.2, 0.25) is 5.91 Å². The first kappa shape index (κ1) is 26.1. The molecule has 0 aliphatic carbocycles. The van der Waals surface area contributed by atoms with Crippen LogP contribution in [0, 0.1) is 0 Å². The molecule has 0 aromatic heterocycles. The molecule has 3 aromatic rings. The summed E-state index contributed by atoms with van der Waals surface area (Å²) in [5.41, 5.74) is -2.08. The minimum Gasteiger partial charge on any atom is -0.405 e. The third kappa shape index (κ3) is 6.98. The van der Waals surface area contributed by atoms with E-state index in [1.54, 1.807) is 0 Å². The highest BCUT2D eigenvalue weighted by molar-refractivity contribution is 7.90. The summed E-state index contributed by atoms with van der Waals surface area (Å²) in [6, 6.07) is 12.5. The summed E-state index contributed by atoms with van der Waals surface area (Å²) in [5.74, 6) is -1.49. The highest BCUT2D eigenvalue weighted by Crippen LogP contribution is 2.42. The Hall–Kier alpha value is -3.54. The number of anilines is 1. The molecule has 0 saturated heterocycles. The average molecular weight is 517 g/mol. The molecular formula is C23H17F6NO4S. The van der Waals surface area contributed by atoms with Crippen LogP contribution in [0.1, 0.15) is 11.1 Å². The lowest BCUT2D eigenvalue weighted by Crippen LogP contribution is -2.18. The number of amides is 1. The Morgan fingerprint density at radius 3 is 2.09 bits per heavy atom. The van der Waals surface area contributed by atoms with Crippen LogP contribution in [-0.2, 0) is 27.2 Å². The van der Waals surface area contributed by atoms with Gasteiger partial charge in [0.1, 0.15) is 5.75 Å². The first-order valence-electron chi connectivity index (χ1n) is 9.79. The SMILES string of the molecule is CS(=O)(=O)c1ccc(CC(=O)Nc2ccc(-c3ccccc3OC(F)(F)F)c(C(F)(F)F)c2)cc1. The van der Waals surface area contributed by atoms with Crippen molar-refractivity contribution in [2.24, 2.45) is 0 Å². The van der Waals surface area contributed by atoms with Gasteiger partial charge in [-0.2, -0.15) is 13.2 Å². The molecule has 0 radical (unpaired) electrons. The number of hydrogen-bond donors (Lipinski definition) is 1. The Morgan fingerprint density at radius 2 is 1.51 bits per heavy atom. The second-order valence-electron chi connectivity index (χ2n) is 7.44. The lowest BCUT2D eigenvalue weighted by Gasteiger charge is -2.18. The molecule has 12 heteroatoms. The summed E-state index contributed by atoms with van der Waals surface area (Å²) >= 11 is 0. The number of hydrogen-bond acceptors (Lipinski definition) is 4. The Bertz CT molecular complexity index is 1330. The number of ether oxygens (including phenoxy) is 1. The smallest absolute Gasteiger partial charge is 0.405 e. The molecule has 3 rings (SSSR count). The predicted octanol–water partition coefficient (Wildman–Crippen LogP) is 5.86. The largest absolute Gasteiger partial charge is 0.573 e. The number of halogens is 6. The zero-order valence-electron chi connectivity index (χ0n) is 17.9. The van der Waals surface area contributed by atoms with Crippen molar-refractivity contribution in [3.05, 3.63) is 77.9 Å². The van der Waals surface area contributed by atoms with Crippen LogP contribution >= 0.6 is 0 Å². The quantitative estimate of drug-likeness (QED) is 0.416. The van der Waals surface area contributed by atoms with Gasteiger partial charge < -0.3 is 10.1 Å². The summed E-state index contributed by atoms with van der Waals surface area (Å²) in [4.78, 5) is 12.4. The number of nitrogens with one attached hydrogen (secondary N) is 1. The van der Waals surface area contributed by atoms with Crippen LogP contribution in [0.2, 0.25) is 0 Å². The van der Waals surface area contributed by atoms with E-state index in [9.17, 15) is 39.6 Å². The fourth-order valence-electron chi connectivity index (χ4n) is 3.24. The standard InChI is InChI=1S/C23H17F6NO4S/c1-35(32,33)16-9-6-14(7-10-16)12-21(31)30-15-8-11-17(19(13-15)22(24,25)26)18-4-2-3-5-20(18)34-23(27,28)29/h2-11,13H,12H2,1H3,(H,30,31). The fourth-order valence-corrected chi connectivity index (χ4v) is 3.87. The molecule has 3 aromatic carbocycles. The number of para-hydroxylation sites is 1. The van der Waals surface area contributed by atoms with E-state index < -0.39 is 50.7 Å². The monoisotopic (exact) mass is 517 g/mol. The van der Waals surface area contributed by atoms with Gasteiger partial charge in [-0.25, -0.2) is 8.42 Å². The normalized spacial score (nSPS) is 12.3. The number of alkyl halides is 6. The van der Waals surface area contributed by atoms with Gasteiger partial charge in [-0.15, -0.1) is 13.2 Å². The van der Waals surface area contributed by atoms with Crippen LogP contribution in [0.3, 0.4) is 0 Å². The maximum absolute atomic E-state index is 13.8. The van der Waals surface area contributed by atoms with E-state index in [-0.39, 0.29) is 17.0 Å². The molecule has 0 aliphatic heterocycles. The molecule has 35 heavy (non-hydrogen) atoms. The summed E-state index contributed by atoms with van der Waals surface area (Å²) in [7, 11) is -3.43. The van der Waals surface area contributed by atoms with Gasteiger partial charge in [0.25, 0.3) is 0 Å². The molecule has 1 N–H and O–H groups in total. The third-order valence-corrected chi connectivity index (χ3v) is 5.86. The molecule has 5 nitrogen and oxygen atoms in total. The van der Waals surface area contributed by atoms with Crippen molar-refractivity contribution in [1.82, 2.24) is 0 Å². The van der Waals surface area contributed by atoms with Crippen LogP contribution in [0.4, 0.5) is 32.0 Å². The van der Waals surface area contributed by atoms with Gasteiger partial charge >= 0.3 is 12.5 Å². The molecule has 186 valence electrons. The zero-order valence-corrected chi connectivity index (χ0v) is 18.7. The predicted molar refractivity (Wildman–Crippen MR) is 115 cm³/mol. The fraction of sp³-hybridized carbons (Fsp3) is 0.174. The highest BCUT2D eigenvalue weighted by Gasteiger charge is 2.36. The molecule has 0 heterocycles. The number of benzene rings is 3. The van der Waals surface area contributed by atoms with E-state index in [0.717, 1.165) is 30.5 Å². The lowest BCUT2D eigenvalue weighted by molar-refractivity contribution is -0.274. The van der Waals surface area contributed by atoms with Crippen LogP contribution < -0.4 is 10.1 Å². The maximum atomic E-state index is 13.8. The third-order valence-electron chi connectivity index (χ3n) is 4.73. The maximum Gasteiger partial charge on any atom is 0.573 e. The zero-order chi connectivity index (χ0) is 26.0. The van der Waals surface area contributed by atoms with E-state index in [2.05, 4.69) is 10.1 Å². The van der Waals surface area contributed by atoms with Crippen LogP contribution in [-0.4, -0.2) is 26.9 Å². The molecule has 0 atom stereocenters. The molecule has 0 fully saturated rings. The van der Waals surface area contributed by atoms with Crippen molar-refractivity contribution < 1.29 is 44.3 Å². The summed E-state index contributed by atoms with van der Waals surface area (Å²) in [6.07, 6.45) is -9.30. The van der Waals surface area contributed by atoms with Crippen molar-refractivity contribution in [3.63, 3.8) is 0 Å². The minimum absolute atomic E-state index is 0.0434. The second-order valence-corrected chi connectivity index (χ2v) is 9.46. The van der Waals surface area contributed by atoms with Gasteiger partial charge in [-0.3, -0.25) is 4.79 Å². The first-order valence-corrected chi connectivity index (χ1v) is 11.7. The van der Waals surface area contributed by atoms with Gasteiger partial charge in [-0.05, 0) is 41.5 Å². The molecule has 0 saturated carbocycles. The average Bonchev–Trinajstić information content (AvgIpc) is 2.72. The Morgan fingerprint density at radius 1 is 0.886 bits per heavy atom. The van der Waals surface area contributed by atoms with Crippen molar-refractivity contribution in [2.75, 3.05) is 11.6 Å². The van der Waals surface area contributed by atoms with Crippen molar-refractivity contribution in [3.8, 4) is 16.9 Å².